The fourth-order valence-electron chi connectivity index (χ4n) is 4.80. The van der Waals surface area contributed by atoms with Gasteiger partial charge in [-0.15, -0.1) is 10.2 Å². The summed E-state index contributed by atoms with van der Waals surface area (Å²) in [5.41, 5.74) is 3.11. The highest BCUT2D eigenvalue weighted by molar-refractivity contribution is 5.85. The number of nitrogens with zero attached hydrogens (tertiary/aromatic N) is 5. The summed E-state index contributed by atoms with van der Waals surface area (Å²) in [5, 5.41) is 8.92. The summed E-state index contributed by atoms with van der Waals surface area (Å²) in [7, 11) is 0. The average Bonchev–Trinajstić information content (AvgIpc) is 3.25. The van der Waals surface area contributed by atoms with E-state index in [4.69, 9.17) is 4.74 Å². The molecule has 0 unspecified atom stereocenters. The normalized spacial score (nSPS) is 18.4. The molecule has 0 bridgehead atoms. The molecule has 2 aliphatic heterocycles. The SMILES string of the molecule is Cc1ccc(-c2ccc(N3CCCN(C(=O)CN(C[C@H]4CCCO4)C(=O)CC(C)C)CC3)nn2)cc1. The number of rotatable bonds is 8. The lowest BCUT2D eigenvalue weighted by molar-refractivity contribution is -0.142. The zero-order valence-corrected chi connectivity index (χ0v) is 21.9. The van der Waals surface area contributed by atoms with Gasteiger partial charge in [0.2, 0.25) is 11.8 Å². The molecular formula is C28H39N5O3. The first-order valence-electron chi connectivity index (χ1n) is 13.2. The summed E-state index contributed by atoms with van der Waals surface area (Å²) >= 11 is 0. The Morgan fingerprint density at radius 3 is 2.50 bits per heavy atom. The van der Waals surface area contributed by atoms with E-state index in [2.05, 4.69) is 46.3 Å². The Kier molecular flexibility index (Phi) is 8.91. The third kappa shape index (κ3) is 7.03. The van der Waals surface area contributed by atoms with Crippen LogP contribution in [0.5, 0.6) is 0 Å². The molecule has 0 N–H and O–H groups in total. The predicted molar refractivity (Wildman–Crippen MR) is 141 cm³/mol. The summed E-state index contributed by atoms with van der Waals surface area (Å²) < 4.78 is 5.75. The van der Waals surface area contributed by atoms with Crippen molar-refractivity contribution in [2.45, 2.75) is 52.6 Å². The maximum Gasteiger partial charge on any atom is 0.242 e. The standard InChI is InChI=1S/C28H39N5O3/c1-21(2)18-27(34)33(19-24-6-4-17-36-24)20-28(35)32-14-5-13-31(15-16-32)26-12-11-25(29-30-26)23-9-7-22(3)8-10-23/h7-12,21,24H,4-6,13-20H2,1-3H3/t24-/m1/s1. The fraction of sp³-hybridized carbons (Fsp3) is 0.571. The summed E-state index contributed by atoms with van der Waals surface area (Å²) in [4.78, 5) is 31.9. The number of ether oxygens (including phenoxy) is 1. The molecule has 1 aromatic carbocycles. The number of benzene rings is 1. The number of anilines is 1. The smallest absolute Gasteiger partial charge is 0.242 e. The monoisotopic (exact) mass is 493 g/mol. The van der Waals surface area contributed by atoms with Crippen LogP contribution >= 0.6 is 0 Å². The third-order valence-corrected chi connectivity index (χ3v) is 6.88. The minimum Gasteiger partial charge on any atom is -0.376 e. The lowest BCUT2D eigenvalue weighted by Crippen LogP contribution is -2.46. The van der Waals surface area contributed by atoms with E-state index in [1.807, 2.05) is 30.9 Å². The maximum absolute atomic E-state index is 13.2. The molecule has 2 amide bonds. The van der Waals surface area contributed by atoms with Gasteiger partial charge in [0.15, 0.2) is 5.82 Å². The molecule has 1 aromatic heterocycles. The largest absolute Gasteiger partial charge is 0.376 e. The molecule has 8 nitrogen and oxygen atoms in total. The Hall–Kier alpha value is -3.00. The van der Waals surface area contributed by atoms with E-state index < -0.39 is 0 Å². The van der Waals surface area contributed by atoms with Crippen LogP contribution in [0.25, 0.3) is 11.3 Å². The molecule has 2 aliphatic rings. The second-order valence-corrected chi connectivity index (χ2v) is 10.4. The molecule has 2 fully saturated rings. The van der Waals surface area contributed by atoms with Crippen molar-refractivity contribution in [1.82, 2.24) is 20.0 Å². The van der Waals surface area contributed by atoms with Gasteiger partial charge in [0.1, 0.15) is 0 Å². The summed E-state index contributed by atoms with van der Waals surface area (Å²) in [6, 6.07) is 12.3. The second kappa shape index (κ2) is 12.3. The fourth-order valence-corrected chi connectivity index (χ4v) is 4.80. The second-order valence-electron chi connectivity index (χ2n) is 10.4. The van der Waals surface area contributed by atoms with Crippen molar-refractivity contribution >= 4 is 17.6 Å². The zero-order valence-electron chi connectivity index (χ0n) is 21.9. The number of aromatic nitrogens is 2. The van der Waals surface area contributed by atoms with E-state index >= 15 is 0 Å². The quantitative estimate of drug-likeness (QED) is 0.560. The molecule has 3 heterocycles. The lowest BCUT2D eigenvalue weighted by Gasteiger charge is -2.29. The molecule has 194 valence electrons. The first-order valence-corrected chi connectivity index (χ1v) is 13.2. The molecule has 2 aromatic rings. The van der Waals surface area contributed by atoms with Gasteiger partial charge < -0.3 is 19.4 Å². The van der Waals surface area contributed by atoms with Crippen molar-refractivity contribution < 1.29 is 14.3 Å². The number of carbonyl (C=O) groups is 2. The van der Waals surface area contributed by atoms with E-state index in [0.717, 1.165) is 49.5 Å². The number of carbonyl (C=O) groups excluding carboxylic acids is 2. The number of hydrogen-bond acceptors (Lipinski definition) is 6. The van der Waals surface area contributed by atoms with Crippen molar-refractivity contribution in [1.29, 1.82) is 0 Å². The van der Waals surface area contributed by atoms with Crippen molar-refractivity contribution in [3.05, 3.63) is 42.0 Å². The van der Waals surface area contributed by atoms with Gasteiger partial charge in [-0.25, -0.2) is 0 Å². The molecule has 0 aliphatic carbocycles. The molecule has 36 heavy (non-hydrogen) atoms. The topological polar surface area (TPSA) is 78.9 Å². The van der Waals surface area contributed by atoms with Crippen LogP contribution in [0, 0.1) is 12.8 Å². The van der Waals surface area contributed by atoms with Gasteiger partial charge in [0.25, 0.3) is 0 Å². The molecule has 0 saturated carbocycles. The molecule has 4 rings (SSSR count). The van der Waals surface area contributed by atoms with Gasteiger partial charge in [-0.3, -0.25) is 9.59 Å². The summed E-state index contributed by atoms with van der Waals surface area (Å²) in [5.74, 6) is 1.12. The minimum absolute atomic E-state index is 0.00718. The average molecular weight is 494 g/mol. The van der Waals surface area contributed by atoms with E-state index in [0.29, 0.717) is 32.6 Å². The van der Waals surface area contributed by atoms with Crippen molar-refractivity contribution in [2.75, 3.05) is 50.8 Å². The Labute approximate surface area is 214 Å². The van der Waals surface area contributed by atoms with Crippen LogP contribution in [0.3, 0.4) is 0 Å². The van der Waals surface area contributed by atoms with Crippen LogP contribution in [0.1, 0.15) is 45.1 Å². The van der Waals surface area contributed by atoms with Gasteiger partial charge in [-0.05, 0) is 44.2 Å². The van der Waals surface area contributed by atoms with Crippen molar-refractivity contribution in [3.8, 4) is 11.3 Å². The minimum atomic E-state index is 0.00718. The summed E-state index contributed by atoms with van der Waals surface area (Å²) in [6.45, 7) is 10.3. The van der Waals surface area contributed by atoms with Crippen LogP contribution in [-0.2, 0) is 14.3 Å². The number of amides is 2. The molecule has 8 heteroatoms. The van der Waals surface area contributed by atoms with Crippen molar-refractivity contribution in [2.24, 2.45) is 5.92 Å². The van der Waals surface area contributed by atoms with E-state index in [1.165, 1.54) is 5.56 Å². The van der Waals surface area contributed by atoms with E-state index in [-0.39, 0.29) is 30.4 Å². The molecule has 0 spiro atoms. The number of hydrogen-bond donors (Lipinski definition) is 0. The van der Waals surface area contributed by atoms with E-state index in [9.17, 15) is 9.59 Å². The molecule has 0 radical (unpaired) electrons. The third-order valence-electron chi connectivity index (χ3n) is 6.88. The van der Waals surface area contributed by atoms with Crippen LogP contribution in [0.2, 0.25) is 0 Å². The maximum atomic E-state index is 13.2. The van der Waals surface area contributed by atoms with Gasteiger partial charge in [-0.1, -0.05) is 43.7 Å². The highest BCUT2D eigenvalue weighted by atomic mass is 16.5. The van der Waals surface area contributed by atoms with Crippen LogP contribution < -0.4 is 4.90 Å². The van der Waals surface area contributed by atoms with Gasteiger partial charge in [-0.2, -0.15) is 0 Å². The summed E-state index contributed by atoms with van der Waals surface area (Å²) in [6.07, 6.45) is 3.29. The first kappa shape index (κ1) is 26.1. The highest BCUT2D eigenvalue weighted by Gasteiger charge is 2.27. The predicted octanol–water partition coefficient (Wildman–Crippen LogP) is 3.54. The Morgan fingerprint density at radius 1 is 1.03 bits per heavy atom. The zero-order chi connectivity index (χ0) is 25.5. The lowest BCUT2D eigenvalue weighted by atomic mass is 10.1. The molecular weight excluding hydrogens is 454 g/mol. The van der Waals surface area contributed by atoms with E-state index in [1.54, 1.807) is 4.90 Å². The van der Waals surface area contributed by atoms with Crippen molar-refractivity contribution in [3.63, 3.8) is 0 Å². The Bertz CT molecular complexity index is 1000. The number of aryl methyl sites for hydroxylation is 1. The highest BCUT2D eigenvalue weighted by Crippen LogP contribution is 2.20. The van der Waals surface area contributed by atoms with Crippen LogP contribution in [0.4, 0.5) is 5.82 Å². The van der Waals surface area contributed by atoms with Gasteiger partial charge in [0.05, 0.1) is 18.3 Å². The van der Waals surface area contributed by atoms with Gasteiger partial charge in [0, 0.05) is 51.3 Å². The molecule has 2 saturated heterocycles. The first-order chi connectivity index (χ1) is 17.4. The van der Waals surface area contributed by atoms with Crippen LogP contribution in [-0.4, -0.2) is 83.8 Å². The Morgan fingerprint density at radius 2 is 1.83 bits per heavy atom. The van der Waals surface area contributed by atoms with Gasteiger partial charge >= 0.3 is 0 Å². The Balaban J connectivity index is 1.35. The van der Waals surface area contributed by atoms with Crippen LogP contribution in [0.15, 0.2) is 36.4 Å². The molecule has 1 atom stereocenters.